The van der Waals surface area contributed by atoms with Crippen molar-refractivity contribution in [2.75, 3.05) is 17.2 Å². The van der Waals surface area contributed by atoms with Gasteiger partial charge in [-0.15, -0.1) is 5.10 Å². The maximum atomic E-state index is 14.0. The number of anilines is 2. The molecule has 0 aliphatic heterocycles. The molecule has 0 amide bonds. The number of alkyl halides is 5. The van der Waals surface area contributed by atoms with E-state index in [1.807, 2.05) is 6.07 Å². The normalized spacial score (nSPS) is 17.2. The van der Waals surface area contributed by atoms with E-state index < -0.39 is 36.1 Å². The number of halogens is 6. The fourth-order valence-corrected chi connectivity index (χ4v) is 6.74. The van der Waals surface area contributed by atoms with Crippen molar-refractivity contribution in [1.82, 2.24) is 24.5 Å². The lowest BCUT2D eigenvalue weighted by Gasteiger charge is -2.43. The summed E-state index contributed by atoms with van der Waals surface area (Å²) in [7, 11) is 1.63. The second-order valence-corrected chi connectivity index (χ2v) is 13.0. The van der Waals surface area contributed by atoms with E-state index in [9.17, 15) is 32.0 Å². The second kappa shape index (κ2) is 11.4. The van der Waals surface area contributed by atoms with Gasteiger partial charge in [0.15, 0.2) is 0 Å². The van der Waals surface area contributed by atoms with Gasteiger partial charge >= 0.3 is 6.18 Å². The van der Waals surface area contributed by atoms with E-state index in [0.29, 0.717) is 33.8 Å². The quantitative estimate of drug-likeness (QED) is 0.157. The van der Waals surface area contributed by atoms with Gasteiger partial charge in [-0.3, -0.25) is 9.78 Å². The Hall–Kier alpha value is -4.77. The fraction of sp³-hybridized carbons (Fsp3) is 0.364. The molecule has 0 radical (unpaired) electrons. The first-order valence-electron chi connectivity index (χ1n) is 15.3. The molecule has 48 heavy (non-hydrogen) atoms. The number of hydrogen-bond acceptors (Lipinski definition) is 7. The number of nitriles is 1. The van der Waals surface area contributed by atoms with Gasteiger partial charge in [0.1, 0.15) is 17.3 Å². The van der Waals surface area contributed by atoms with Crippen molar-refractivity contribution < 1.29 is 22.0 Å². The number of benzene rings is 2. The molecule has 2 aliphatic carbocycles. The minimum absolute atomic E-state index is 0.0225. The largest absolute Gasteiger partial charge is 0.396 e. The lowest BCUT2D eigenvalue weighted by atomic mass is 9.68. The predicted octanol–water partition coefficient (Wildman–Crippen LogP) is 7.30. The monoisotopic (exact) mass is 682 g/mol. The Bertz CT molecular complexity index is 2160. The summed E-state index contributed by atoms with van der Waals surface area (Å²) in [5.74, 6) is 0. The first kappa shape index (κ1) is 31.8. The van der Waals surface area contributed by atoms with Crippen LogP contribution in [-0.4, -0.2) is 43.7 Å². The highest BCUT2D eigenvalue weighted by Crippen LogP contribution is 2.53. The molecule has 5 aromatic rings. The van der Waals surface area contributed by atoms with Gasteiger partial charge < -0.3 is 15.2 Å². The molecule has 2 saturated carbocycles. The molecule has 2 fully saturated rings. The topological polar surface area (TPSA) is 113 Å². The molecule has 1 atom stereocenters. The molecule has 3 heterocycles. The molecule has 3 aromatic heterocycles. The second-order valence-electron chi connectivity index (χ2n) is 12.6. The Morgan fingerprint density at radius 2 is 1.88 bits per heavy atom. The highest BCUT2D eigenvalue weighted by atomic mass is 35.5. The zero-order valence-electron chi connectivity index (χ0n) is 25.5. The molecule has 2 aromatic carbocycles. The molecular formula is C33H28ClF5N8O. The molecule has 0 spiro atoms. The minimum Gasteiger partial charge on any atom is -0.382 e. The lowest BCUT2D eigenvalue weighted by Crippen LogP contribution is -2.48. The van der Waals surface area contributed by atoms with Crippen molar-refractivity contribution >= 4 is 44.7 Å². The number of aryl methyl sites for hydroxylation is 1. The number of aromatic nitrogens is 5. The smallest absolute Gasteiger partial charge is 0.382 e. The average Bonchev–Trinajstić information content (AvgIpc) is 3.70. The summed E-state index contributed by atoms with van der Waals surface area (Å²) in [6, 6.07) is 11.3. The fourth-order valence-electron chi connectivity index (χ4n) is 6.47. The lowest BCUT2D eigenvalue weighted by molar-refractivity contribution is -0.244. The van der Waals surface area contributed by atoms with Crippen LogP contribution in [0.25, 0.3) is 21.7 Å². The number of nitrogens with zero attached hydrogens (tertiary/aromatic N) is 6. The summed E-state index contributed by atoms with van der Waals surface area (Å²) in [5.41, 5.74) is -1.88. The van der Waals surface area contributed by atoms with Crippen molar-refractivity contribution in [3.8, 4) is 6.07 Å². The molecule has 248 valence electrons. The van der Waals surface area contributed by atoms with Crippen LogP contribution in [-0.2, 0) is 12.6 Å². The van der Waals surface area contributed by atoms with Crippen LogP contribution in [0.2, 0.25) is 5.02 Å². The van der Waals surface area contributed by atoms with Gasteiger partial charge in [-0.1, -0.05) is 35.4 Å². The summed E-state index contributed by atoms with van der Waals surface area (Å²) in [6.07, 6.45) is -1.84. The van der Waals surface area contributed by atoms with Gasteiger partial charge in [-0.25, -0.2) is 13.5 Å². The minimum atomic E-state index is -4.42. The Morgan fingerprint density at radius 3 is 2.52 bits per heavy atom. The number of rotatable bonds is 9. The number of pyridine rings is 2. The molecule has 0 bridgehead atoms. The number of nitrogens with one attached hydrogen (secondary N) is 2. The Balaban J connectivity index is 1.35. The van der Waals surface area contributed by atoms with E-state index in [-0.39, 0.29) is 58.7 Å². The standard InChI is InChI=1S/C33H28ClF5N8O/c1-46-11-6-20-21(4-2-5-22(20)29(46)48)28(25-16-47(45-44-25)32(9-10-32)30(35)36)43-19-12-23-26(18(14-40)15-41-27(23)24(34)13-19)42-17-31(7-3-8-31)33(37,38)39/h2,4-6,11-13,15-16,28,30,43H,3,7-10,17H2,1H3,(H,41,42). The molecule has 1 unspecified atom stereocenters. The summed E-state index contributed by atoms with van der Waals surface area (Å²) < 4.78 is 72.6. The van der Waals surface area contributed by atoms with Gasteiger partial charge in [-0.05, 0) is 60.9 Å². The third-order valence-corrected chi connectivity index (χ3v) is 10.1. The van der Waals surface area contributed by atoms with Crippen LogP contribution in [0.5, 0.6) is 0 Å². The van der Waals surface area contributed by atoms with E-state index >= 15 is 0 Å². The van der Waals surface area contributed by atoms with Gasteiger partial charge in [-0.2, -0.15) is 18.4 Å². The predicted molar refractivity (Wildman–Crippen MR) is 170 cm³/mol. The van der Waals surface area contributed by atoms with E-state index in [1.165, 1.54) is 21.6 Å². The van der Waals surface area contributed by atoms with Crippen LogP contribution < -0.4 is 16.2 Å². The Labute approximate surface area is 275 Å². The number of hydrogen-bond donors (Lipinski definition) is 2. The van der Waals surface area contributed by atoms with E-state index in [2.05, 4.69) is 25.9 Å². The van der Waals surface area contributed by atoms with Crippen molar-refractivity contribution in [1.29, 1.82) is 5.26 Å². The molecule has 2 aliphatic rings. The first-order valence-corrected chi connectivity index (χ1v) is 15.6. The third-order valence-electron chi connectivity index (χ3n) is 9.77. The summed E-state index contributed by atoms with van der Waals surface area (Å²) in [4.78, 5) is 17.3. The zero-order valence-corrected chi connectivity index (χ0v) is 26.2. The Kier molecular flexibility index (Phi) is 7.58. The van der Waals surface area contributed by atoms with Crippen LogP contribution in [0.1, 0.15) is 55.0 Å². The average molecular weight is 683 g/mol. The van der Waals surface area contributed by atoms with Gasteiger partial charge in [0, 0.05) is 42.4 Å². The summed E-state index contributed by atoms with van der Waals surface area (Å²) in [5, 5.41) is 25.9. The van der Waals surface area contributed by atoms with Gasteiger partial charge in [0.05, 0.1) is 39.4 Å². The highest BCUT2D eigenvalue weighted by molar-refractivity contribution is 6.35. The highest BCUT2D eigenvalue weighted by Gasteiger charge is 2.58. The molecule has 2 N–H and O–H groups in total. The van der Waals surface area contributed by atoms with Crippen molar-refractivity contribution in [3.63, 3.8) is 0 Å². The van der Waals surface area contributed by atoms with Crippen LogP contribution >= 0.6 is 11.6 Å². The molecule has 0 saturated heterocycles. The van der Waals surface area contributed by atoms with Gasteiger partial charge in [0.2, 0.25) is 0 Å². The first-order chi connectivity index (χ1) is 22.9. The summed E-state index contributed by atoms with van der Waals surface area (Å²) in [6.45, 7) is -0.428. The van der Waals surface area contributed by atoms with E-state index in [4.69, 9.17) is 11.6 Å². The maximum absolute atomic E-state index is 14.0. The van der Waals surface area contributed by atoms with Gasteiger partial charge in [0.25, 0.3) is 12.0 Å². The molecule has 9 nitrogen and oxygen atoms in total. The Morgan fingerprint density at radius 1 is 1.10 bits per heavy atom. The van der Waals surface area contributed by atoms with Crippen LogP contribution in [0.3, 0.4) is 0 Å². The number of fused-ring (bicyclic) bond motifs is 2. The third kappa shape index (κ3) is 5.11. The SMILES string of the molecule is Cn1ccc2c(C(Nc3cc(Cl)c4ncc(C#N)c(NCC5(C(F)(F)F)CCC5)c4c3)c3cn(C4(C(F)F)CC4)nn3)cccc2c1=O. The van der Waals surface area contributed by atoms with Crippen molar-refractivity contribution in [2.45, 2.75) is 56.3 Å². The van der Waals surface area contributed by atoms with Crippen molar-refractivity contribution in [3.05, 3.63) is 87.2 Å². The molecule has 7 rings (SSSR count). The van der Waals surface area contributed by atoms with E-state index in [0.717, 1.165) is 0 Å². The van der Waals surface area contributed by atoms with E-state index in [1.54, 1.807) is 49.6 Å². The summed E-state index contributed by atoms with van der Waals surface area (Å²) >= 11 is 6.69. The van der Waals surface area contributed by atoms with Crippen LogP contribution in [0, 0.1) is 16.7 Å². The van der Waals surface area contributed by atoms with Crippen LogP contribution in [0.4, 0.5) is 33.3 Å². The molecular weight excluding hydrogens is 655 g/mol. The zero-order chi connectivity index (χ0) is 34.0. The molecule has 15 heteroatoms. The maximum Gasteiger partial charge on any atom is 0.396 e. The van der Waals surface area contributed by atoms with Crippen LogP contribution in [0.15, 0.2) is 59.8 Å². The van der Waals surface area contributed by atoms with Crippen molar-refractivity contribution in [2.24, 2.45) is 12.5 Å².